The van der Waals surface area contributed by atoms with Gasteiger partial charge in [-0.15, -0.1) is 0 Å². The van der Waals surface area contributed by atoms with E-state index in [1.54, 1.807) is 16.8 Å². The number of nitrogens with zero attached hydrogens (tertiary/aromatic N) is 2. The summed E-state index contributed by atoms with van der Waals surface area (Å²) in [5.41, 5.74) is 0.760. The third-order valence-corrected chi connectivity index (χ3v) is 2.99. The molecule has 0 amide bonds. The van der Waals surface area contributed by atoms with E-state index in [-0.39, 0.29) is 11.6 Å². The normalized spacial score (nSPS) is 13.1. The summed E-state index contributed by atoms with van der Waals surface area (Å²) in [6, 6.07) is 7.14. The second-order valence-electron chi connectivity index (χ2n) is 4.66. The Morgan fingerprint density at radius 2 is 2.06 bits per heavy atom. The SMILES string of the molecule is CC(C)C(O)Cn1nc(C(=O)O)c2ccccc21. The van der Waals surface area contributed by atoms with Crippen LogP contribution in [0.5, 0.6) is 0 Å². The zero-order valence-electron chi connectivity index (χ0n) is 10.4. The largest absolute Gasteiger partial charge is 0.476 e. The van der Waals surface area contributed by atoms with Crippen LogP contribution in [-0.2, 0) is 6.54 Å². The van der Waals surface area contributed by atoms with E-state index < -0.39 is 12.1 Å². The van der Waals surface area contributed by atoms with E-state index in [2.05, 4.69) is 5.10 Å². The maximum atomic E-state index is 11.1. The molecule has 0 bridgehead atoms. The number of fused-ring (bicyclic) bond motifs is 1. The van der Waals surface area contributed by atoms with Crippen molar-refractivity contribution in [2.24, 2.45) is 5.92 Å². The second kappa shape index (κ2) is 4.78. The summed E-state index contributed by atoms with van der Waals surface area (Å²) in [7, 11) is 0. The van der Waals surface area contributed by atoms with Crippen molar-refractivity contribution < 1.29 is 15.0 Å². The number of hydrogen-bond acceptors (Lipinski definition) is 3. The van der Waals surface area contributed by atoms with Crippen molar-refractivity contribution >= 4 is 16.9 Å². The molecule has 96 valence electrons. The zero-order chi connectivity index (χ0) is 13.3. The van der Waals surface area contributed by atoms with E-state index in [4.69, 9.17) is 5.11 Å². The lowest BCUT2D eigenvalue weighted by atomic mass is 10.1. The van der Waals surface area contributed by atoms with E-state index in [1.807, 2.05) is 26.0 Å². The molecule has 0 aliphatic carbocycles. The van der Waals surface area contributed by atoms with Gasteiger partial charge in [0, 0.05) is 5.39 Å². The summed E-state index contributed by atoms with van der Waals surface area (Å²) in [6.07, 6.45) is -0.546. The van der Waals surface area contributed by atoms with E-state index in [0.717, 1.165) is 5.52 Å². The maximum absolute atomic E-state index is 11.1. The van der Waals surface area contributed by atoms with Gasteiger partial charge in [-0.3, -0.25) is 4.68 Å². The minimum atomic E-state index is -1.05. The number of hydrogen-bond donors (Lipinski definition) is 2. The number of aliphatic hydroxyl groups is 1. The van der Waals surface area contributed by atoms with Gasteiger partial charge in [-0.2, -0.15) is 5.10 Å². The molecule has 0 fully saturated rings. The molecule has 2 aromatic rings. The topological polar surface area (TPSA) is 75.3 Å². The minimum Gasteiger partial charge on any atom is -0.476 e. The Morgan fingerprint density at radius 1 is 1.39 bits per heavy atom. The molecule has 5 heteroatoms. The van der Waals surface area contributed by atoms with E-state index in [0.29, 0.717) is 11.9 Å². The molecular formula is C13H16N2O3. The molecule has 0 radical (unpaired) electrons. The van der Waals surface area contributed by atoms with Crippen LogP contribution in [0.4, 0.5) is 0 Å². The van der Waals surface area contributed by atoms with Gasteiger partial charge >= 0.3 is 5.97 Å². The molecule has 2 rings (SSSR count). The fourth-order valence-electron chi connectivity index (χ4n) is 1.81. The first-order chi connectivity index (χ1) is 8.50. The third kappa shape index (κ3) is 2.22. The van der Waals surface area contributed by atoms with Crippen molar-refractivity contribution in [1.29, 1.82) is 0 Å². The number of carbonyl (C=O) groups is 1. The third-order valence-electron chi connectivity index (χ3n) is 2.99. The van der Waals surface area contributed by atoms with Crippen molar-refractivity contribution in [2.45, 2.75) is 26.5 Å². The molecule has 2 N–H and O–H groups in total. The second-order valence-corrected chi connectivity index (χ2v) is 4.66. The molecule has 0 aliphatic heterocycles. The molecule has 1 aromatic heterocycles. The Balaban J connectivity index is 2.48. The van der Waals surface area contributed by atoms with Crippen molar-refractivity contribution in [3.8, 4) is 0 Å². The standard InChI is InChI=1S/C13H16N2O3/c1-8(2)11(16)7-15-10-6-4-3-5-9(10)12(14-15)13(17)18/h3-6,8,11,16H,7H2,1-2H3,(H,17,18). The van der Waals surface area contributed by atoms with Gasteiger partial charge in [-0.05, 0) is 12.0 Å². The fourth-order valence-corrected chi connectivity index (χ4v) is 1.81. The van der Waals surface area contributed by atoms with Gasteiger partial charge in [0.2, 0.25) is 0 Å². The lowest BCUT2D eigenvalue weighted by Crippen LogP contribution is -2.22. The van der Waals surface area contributed by atoms with Crippen LogP contribution < -0.4 is 0 Å². The molecule has 0 aliphatic rings. The number of para-hydroxylation sites is 1. The van der Waals surface area contributed by atoms with Gasteiger partial charge < -0.3 is 10.2 Å². The quantitative estimate of drug-likeness (QED) is 0.864. The summed E-state index contributed by atoms with van der Waals surface area (Å²) in [6.45, 7) is 4.12. The molecule has 0 spiro atoms. The molecule has 1 aromatic carbocycles. The van der Waals surface area contributed by atoms with Crippen LogP contribution in [0.2, 0.25) is 0 Å². The number of benzene rings is 1. The van der Waals surface area contributed by atoms with Crippen molar-refractivity contribution in [1.82, 2.24) is 9.78 Å². The van der Waals surface area contributed by atoms with Gasteiger partial charge in [0.25, 0.3) is 0 Å². The van der Waals surface area contributed by atoms with Crippen LogP contribution in [0.1, 0.15) is 24.3 Å². The average Bonchev–Trinajstić information content (AvgIpc) is 2.68. The fraction of sp³-hybridized carbons (Fsp3) is 0.385. The van der Waals surface area contributed by atoms with Gasteiger partial charge in [0.05, 0.1) is 18.2 Å². The summed E-state index contributed by atoms with van der Waals surface area (Å²) in [5, 5.41) is 23.6. The Bertz CT molecular complexity index is 575. The number of carboxylic acids is 1. The van der Waals surface area contributed by atoms with Gasteiger partial charge in [0.15, 0.2) is 5.69 Å². The first-order valence-corrected chi connectivity index (χ1v) is 5.87. The molecule has 1 unspecified atom stereocenters. The predicted molar refractivity (Wildman–Crippen MR) is 67.5 cm³/mol. The van der Waals surface area contributed by atoms with Crippen molar-refractivity contribution in [3.63, 3.8) is 0 Å². The molecule has 0 saturated heterocycles. The van der Waals surface area contributed by atoms with Crippen LogP contribution >= 0.6 is 0 Å². The number of aromatic nitrogens is 2. The lowest BCUT2D eigenvalue weighted by molar-refractivity contribution is 0.0688. The highest BCUT2D eigenvalue weighted by molar-refractivity contribution is 6.01. The predicted octanol–water partition coefficient (Wildman–Crippen LogP) is 1.75. The highest BCUT2D eigenvalue weighted by atomic mass is 16.4. The number of carboxylic acid groups (broad SMARTS) is 1. The molecule has 0 saturated carbocycles. The lowest BCUT2D eigenvalue weighted by Gasteiger charge is -2.14. The van der Waals surface area contributed by atoms with Gasteiger partial charge in [-0.1, -0.05) is 32.0 Å². The highest BCUT2D eigenvalue weighted by Crippen LogP contribution is 2.19. The minimum absolute atomic E-state index is 0.0292. The van der Waals surface area contributed by atoms with Crippen LogP contribution in [0, 0.1) is 5.92 Å². The first-order valence-electron chi connectivity index (χ1n) is 5.87. The van der Waals surface area contributed by atoms with E-state index in [9.17, 15) is 9.90 Å². The summed E-state index contributed by atoms with van der Waals surface area (Å²) >= 11 is 0. The Kier molecular flexibility index (Phi) is 3.34. The van der Waals surface area contributed by atoms with Crippen molar-refractivity contribution in [2.75, 3.05) is 0 Å². The summed E-state index contributed by atoms with van der Waals surface area (Å²) in [4.78, 5) is 11.1. The van der Waals surface area contributed by atoms with Gasteiger partial charge in [0.1, 0.15) is 0 Å². The number of rotatable bonds is 4. The Labute approximate surface area is 105 Å². The van der Waals surface area contributed by atoms with Crippen LogP contribution in [0.3, 0.4) is 0 Å². The first kappa shape index (κ1) is 12.6. The molecular weight excluding hydrogens is 232 g/mol. The zero-order valence-corrected chi connectivity index (χ0v) is 10.4. The molecule has 5 nitrogen and oxygen atoms in total. The highest BCUT2D eigenvalue weighted by Gasteiger charge is 2.18. The smallest absolute Gasteiger partial charge is 0.357 e. The van der Waals surface area contributed by atoms with Crippen LogP contribution in [-0.4, -0.2) is 32.1 Å². The number of aliphatic hydroxyl groups excluding tert-OH is 1. The molecule has 18 heavy (non-hydrogen) atoms. The monoisotopic (exact) mass is 248 g/mol. The van der Waals surface area contributed by atoms with Crippen molar-refractivity contribution in [3.05, 3.63) is 30.0 Å². The Morgan fingerprint density at radius 3 is 2.67 bits per heavy atom. The number of aromatic carboxylic acids is 1. The summed E-state index contributed by atoms with van der Waals surface area (Å²) in [5.74, 6) is -0.953. The Hall–Kier alpha value is -1.88. The molecule has 1 atom stereocenters. The average molecular weight is 248 g/mol. The van der Waals surface area contributed by atoms with E-state index in [1.165, 1.54) is 0 Å². The van der Waals surface area contributed by atoms with Gasteiger partial charge in [-0.25, -0.2) is 4.79 Å². The van der Waals surface area contributed by atoms with Crippen LogP contribution in [0.15, 0.2) is 24.3 Å². The van der Waals surface area contributed by atoms with E-state index >= 15 is 0 Å². The summed E-state index contributed by atoms with van der Waals surface area (Å²) < 4.78 is 1.56. The maximum Gasteiger partial charge on any atom is 0.357 e. The molecule has 1 heterocycles. The van der Waals surface area contributed by atoms with Crippen LogP contribution in [0.25, 0.3) is 10.9 Å².